The van der Waals surface area contributed by atoms with Gasteiger partial charge in [-0.25, -0.2) is 0 Å². The van der Waals surface area contributed by atoms with Crippen molar-refractivity contribution in [3.63, 3.8) is 0 Å². The number of alkyl halides is 1. The number of rotatable bonds is 4. The lowest BCUT2D eigenvalue weighted by Crippen LogP contribution is -1.95. The third kappa shape index (κ3) is 2.22. The maximum Gasteiger partial charge on any atom is 0.101 e. The molecule has 0 aliphatic carbocycles. The van der Waals surface area contributed by atoms with Gasteiger partial charge in [-0.2, -0.15) is 5.26 Å². The van der Waals surface area contributed by atoms with Crippen molar-refractivity contribution in [2.24, 2.45) is 0 Å². The quantitative estimate of drug-likeness (QED) is 0.479. The van der Waals surface area contributed by atoms with E-state index >= 15 is 0 Å². The second kappa shape index (κ2) is 5.35. The molecule has 1 aromatic carbocycles. The van der Waals surface area contributed by atoms with Gasteiger partial charge in [0.25, 0.3) is 0 Å². The molecule has 0 amide bonds. The molecule has 2 rings (SSSR count). The van der Waals surface area contributed by atoms with E-state index in [0.29, 0.717) is 0 Å². The van der Waals surface area contributed by atoms with Gasteiger partial charge in [0.05, 0.1) is 5.56 Å². The molecule has 0 atom stereocenters. The molecule has 0 fully saturated rings. The van der Waals surface area contributed by atoms with Crippen LogP contribution in [0.3, 0.4) is 0 Å². The normalized spacial score (nSPS) is 10.5. The van der Waals surface area contributed by atoms with Crippen molar-refractivity contribution in [3.05, 3.63) is 36.0 Å². The number of benzene rings is 1. The van der Waals surface area contributed by atoms with Gasteiger partial charge in [-0.15, -0.1) is 0 Å². The van der Waals surface area contributed by atoms with Crippen molar-refractivity contribution in [1.29, 1.82) is 5.26 Å². The van der Waals surface area contributed by atoms with E-state index in [-0.39, 0.29) is 0 Å². The van der Waals surface area contributed by atoms with Gasteiger partial charge in [0.2, 0.25) is 0 Å². The first-order valence-corrected chi connectivity index (χ1v) is 6.93. The predicted octanol–water partition coefficient (Wildman–Crippen LogP) is 3.73. The highest BCUT2D eigenvalue weighted by Gasteiger charge is 2.06. The molecule has 82 valence electrons. The summed E-state index contributed by atoms with van der Waals surface area (Å²) in [6.07, 6.45) is 4.37. The molecule has 0 unspecified atom stereocenters. The van der Waals surface area contributed by atoms with Gasteiger partial charge in [0.1, 0.15) is 6.07 Å². The second-order valence-electron chi connectivity index (χ2n) is 3.76. The van der Waals surface area contributed by atoms with Gasteiger partial charge >= 0.3 is 0 Å². The second-order valence-corrected chi connectivity index (χ2v) is 4.84. The van der Waals surface area contributed by atoms with E-state index in [1.165, 1.54) is 22.8 Å². The third-order valence-electron chi connectivity index (χ3n) is 2.69. The van der Waals surface area contributed by atoms with Crippen molar-refractivity contribution in [1.82, 2.24) is 4.57 Å². The molecule has 2 nitrogen and oxygen atoms in total. The molecule has 0 saturated carbocycles. The van der Waals surface area contributed by atoms with Crippen LogP contribution in [0.4, 0.5) is 0 Å². The van der Waals surface area contributed by atoms with E-state index in [0.717, 1.165) is 17.5 Å². The average molecular weight is 324 g/mol. The van der Waals surface area contributed by atoms with Crippen LogP contribution in [0, 0.1) is 11.3 Å². The summed E-state index contributed by atoms with van der Waals surface area (Å²) < 4.78 is 3.39. The number of aromatic nitrogens is 1. The van der Waals surface area contributed by atoms with E-state index < -0.39 is 0 Å². The van der Waals surface area contributed by atoms with Gasteiger partial charge in [-0.3, -0.25) is 0 Å². The number of nitrogens with zero attached hydrogens (tertiary/aromatic N) is 2. The summed E-state index contributed by atoms with van der Waals surface area (Å²) in [5.74, 6) is 0. The van der Waals surface area contributed by atoms with Gasteiger partial charge in [0.15, 0.2) is 0 Å². The first-order chi connectivity index (χ1) is 7.86. The molecule has 2 aromatic rings. The highest BCUT2D eigenvalue weighted by Crippen LogP contribution is 2.20. The first kappa shape index (κ1) is 11.5. The molecule has 0 spiro atoms. The highest BCUT2D eigenvalue weighted by molar-refractivity contribution is 14.1. The number of hydrogen-bond donors (Lipinski definition) is 0. The Morgan fingerprint density at radius 1 is 1.25 bits per heavy atom. The monoisotopic (exact) mass is 324 g/mol. The van der Waals surface area contributed by atoms with E-state index in [1.807, 2.05) is 24.4 Å². The Balaban J connectivity index is 2.35. The Bertz CT molecular complexity index is 522. The summed E-state index contributed by atoms with van der Waals surface area (Å²) in [4.78, 5) is 0. The topological polar surface area (TPSA) is 28.7 Å². The molecule has 0 radical (unpaired) electrons. The van der Waals surface area contributed by atoms with Gasteiger partial charge in [-0.1, -0.05) is 40.8 Å². The van der Waals surface area contributed by atoms with Crippen LogP contribution in [0.1, 0.15) is 18.4 Å². The van der Waals surface area contributed by atoms with Gasteiger partial charge < -0.3 is 4.57 Å². The van der Waals surface area contributed by atoms with Gasteiger partial charge in [0, 0.05) is 23.6 Å². The van der Waals surface area contributed by atoms with Crippen LogP contribution in [0.25, 0.3) is 10.9 Å². The summed E-state index contributed by atoms with van der Waals surface area (Å²) >= 11 is 2.40. The van der Waals surface area contributed by atoms with Crippen LogP contribution in [0.5, 0.6) is 0 Å². The Morgan fingerprint density at radius 2 is 2.06 bits per heavy atom. The number of hydrogen-bond acceptors (Lipinski definition) is 1. The number of nitriles is 1. The standard InChI is InChI=1S/C13H13IN2/c14-7-3-4-8-16-10-11(9-15)12-5-1-2-6-13(12)16/h1-2,5-6,10H,3-4,7-8H2. The maximum atomic E-state index is 9.06. The van der Waals surface area contributed by atoms with Crippen LogP contribution < -0.4 is 0 Å². The SMILES string of the molecule is N#Cc1cn(CCCCI)c2ccccc12. The number of aryl methyl sites for hydroxylation is 1. The molecule has 16 heavy (non-hydrogen) atoms. The molecule has 1 aromatic heterocycles. The van der Waals surface area contributed by atoms with Crippen molar-refractivity contribution in [3.8, 4) is 6.07 Å². The zero-order valence-corrected chi connectivity index (χ0v) is 11.1. The van der Waals surface area contributed by atoms with E-state index in [4.69, 9.17) is 5.26 Å². The van der Waals surface area contributed by atoms with Crippen molar-refractivity contribution < 1.29 is 0 Å². The average Bonchev–Trinajstić information content (AvgIpc) is 2.68. The van der Waals surface area contributed by atoms with Crippen LogP contribution in [-0.2, 0) is 6.54 Å². The largest absolute Gasteiger partial charge is 0.346 e. The van der Waals surface area contributed by atoms with Crippen LogP contribution in [-0.4, -0.2) is 8.99 Å². The first-order valence-electron chi connectivity index (χ1n) is 5.40. The fourth-order valence-electron chi connectivity index (χ4n) is 1.90. The molecule has 3 heteroatoms. The minimum absolute atomic E-state index is 0.782. The fourth-order valence-corrected chi connectivity index (χ4v) is 2.44. The maximum absolute atomic E-state index is 9.06. The molecular weight excluding hydrogens is 311 g/mol. The number of unbranched alkanes of at least 4 members (excludes halogenated alkanes) is 1. The minimum atomic E-state index is 0.782. The Kier molecular flexibility index (Phi) is 3.83. The molecule has 0 bridgehead atoms. The van der Waals surface area contributed by atoms with Crippen LogP contribution in [0.15, 0.2) is 30.5 Å². The Hall–Kier alpha value is -1.02. The summed E-state index contributed by atoms with van der Waals surface area (Å²) in [6.45, 7) is 1.01. The number of fused-ring (bicyclic) bond motifs is 1. The van der Waals surface area contributed by atoms with Crippen molar-refractivity contribution in [2.75, 3.05) is 4.43 Å². The van der Waals surface area contributed by atoms with Crippen LogP contribution >= 0.6 is 22.6 Å². The van der Waals surface area contributed by atoms with E-state index in [1.54, 1.807) is 0 Å². The summed E-state index contributed by atoms with van der Waals surface area (Å²) in [6, 6.07) is 10.4. The number of para-hydroxylation sites is 1. The lowest BCUT2D eigenvalue weighted by molar-refractivity contribution is 0.656. The zero-order chi connectivity index (χ0) is 11.4. The van der Waals surface area contributed by atoms with Crippen molar-refractivity contribution in [2.45, 2.75) is 19.4 Å². The molecular formula is C13H13IN2. The van der Waals surface area contributed by atoms with Gasteiger partial charge in [-0.05, 0) is 23.3 Å². The highest BCUT2D eigenvalue weighted by atomic mass is 127. The molecule has 0 saturated heterocycles. The van der Waals surface area contributed by atoms with Crippen molar-refractivity contribution >= 4 is 33.5 Å². The summed E-state index contributed by atoms with van der Waals surface area (Å²) in [5.41, 5.74) is 1.96. The molecule has 1 heterocycles. The lowest BCUT2D eigenvalue weighted by atomic mass is 10.2. The number of halogens is 1. The minimum Gasteiger partial charge on any atom is -0.346 e. The smallest absolute Gasteiger partial charge is 0.101 e. The van der Waals surface area contributed by atoms with Crippen LogP contribution in [0.2, 0.25) is 0 Å². The Labute approximate surface area is 109 Å². The molecule has 0 N–H and O–H groups in total. The molecule has 0 aliphatic rings. The Morgan fingerprint density at radius 3 is 2.81 bits per heavy atom. The lowest BCUT2D eigenvalue weighted by Gasteiger charge is -2.03. The predicted molar refractivity (Wildman–Crippen MR) is 74.8 cm³/mol. The third-order valence-corrected chi connectivity index (χ3v) is 3.45. The van der Waals surface area contributed by atoms with E-state index in [9.17, 15) is 0 Å². The fraction of sp³-hybridized carbons (Fsp3) is 0.308. The zero-order valence-electron chi connectivity index (χ0n) is 8.99. The summed E-state index contributed by atoms with van der Waals surface area (Å²) in [7, 11) is 0. The van der Waals surface area contributed by atoms with E-state index in [2.05, 4.69) is 39.3 Å². The summed E-state index contributed by atoms with van der Waals surface area (Å²) in [5, 5.41) is 10.1. The molecule has 0 aliphatic heterocycles.